The number of benzene rings is 3. The van der Waals surface area contributed by atoms with E-state index in [0.29, 0.717) is 28.4 Å². The normalized spacial score (nSPS) is 10.4. The first kappa shape index (κ1) is 24.0. The fourth-order valence-corrected chi connectivity index (χ4v) is 2.83. The number of nitrogens with zero attached hydrogens (tertiary/aromatic N) is 1. The monoisotopic (exact) mass is 460 g/mol. The Morgan fingerprint density at radius 3 is 2.32 bits per heavy atom. The number of anilines is 2. The zero-order valence-corrected chi connectivity index (χ0v) is 18.7. The van der Waals surface area contributed by atoms with Gasteiger partial charge in [-0.3, -0.25) is 14.4 Å². The van der Waals surface area contributed by atoms with Gasteiger partial charge in [0, 0.05) is 16.9 Å². The summed E-state index contributed by atoms with van der Waals surface area (Å²) in [7, 11) is 1.53. The number of hydrogen-bond acceptors (Lipinski definition) is 6. The van der Waals surface area contributed by atoms with Crippen LogP contribution in [0.2, 0.25) is 0 Å². The molecule has 0 saturated heterocycles. The van der Waals surface area contributed by atoms with Gasteiger partial charge in [-0.05, 0) is 55.0 Å². The van der Waals surface area contributed by atoms with E-state index in [4.69, 9.17) is 9.47 Å². The van der Waals surface area contributed by atoms with Crippen molar-refractivity contribution in [3.8, 4) is 11.5 Å². The SMILES string of the molecule is COc1ccc(NC(=O)C(=O)N/N=C\c2ccccc2OCC(=O)Nc2ccccc2C)cc1. The molecule has 3 N–H and O–H groups in total. The summed E-state index contributed by atoms with van der Waals surface area (Å²) in [6, 6.07) is 20.8. The molecular weight excluding hydrogens is 436 g/mol. The van der Waals surface area contributed by atoms with Gasteiger partial charge in [-0.2, -0.15) is 5.10 Å². The molecule has 9 heteroatoms. The van der Waals surface area contributed by atoms with Crippen LogP contribution < -0.4 is 25.5 Å². The molecule has 3 amide bonds. The highest BCUT2D eigenvalue weighted by molar-refractivity contribution is 6.39. The van der Waals surface area contributed by atoms with Crippen molar-refractivity contribution >= 4 is 35.3 Å². The van der Waals surface area contributed by atoms with Crippen LogP contribution in [0.25, 0.3) is 0 Å². The van der Waals surface area contributed by atoms with E-state index < -0.39 is 11.8 Å². The topological polar surface area (TPSA) is 118 Å². The van der Waals surface area contributed by atoms with Gasteiger partial charge in [0.05, 0.1) is 13.3 Å². The molecule has 3 rings (SSSR count). The van der Waals surface area contributed by atoms with Gasteiger partial charge in [-0.25, -0.2) is 5.43 Å². The van der Waals surface area contributed by atoms with Gasteiger partial charge in [0.1, 0.15) is 11.5 Å². The van der Waals surface area contributed by atoms with Crippen molar-refractivity contribution in [3.05, 3.63) is 83.9 Å². The molecule has 0 aliphatic rings. The summed E-state index contributed by atoms with van der Waals surface area (Å²) < 4.78 is 10.7. The van der Waals surface area contributed by atoms with E-state index in [2.05, 4.69) is 21.2 Å². The first-order valence-corrected chi connectivity index (χ1v) is 10.3. The second kappa shape index (κ2) is 11.8. The maximum Gasteiger partial charge on any atom is 0.329 e. The standard InChI is InChI=1S/C25H24N4O5/c1-17-7-3-5-9-21(17)28-23(30)16-34-22-10-6-4-8-18(22)15-26-29-25(32)24(31)27-19-11-13-20(33-2)14-12-19/h3-15H,16H2,1-2H3,(H,27,31)(H,28,30)(H,29,32)/b26-15-. The van der Waals surface area contributed by atoms with Crippen LogP contribution in [0.5, 0.6) is 11.5 Å². The van der Waals surface area contributed by atoms with Crippen LogP contribution in [-0.4, -0.2) is 37.7 Å². The number of amides is 3. The molecule has 0 fully saturated rings. The average Bonchev–Trinajstić information content (AvgIpc) is 2.85. The highest BCUT2D eigenvalue weighted by Gasteiger charge is 2.13. The lowest BCUT2D eigenvalue weighted by atomic mass is 10.2. The second-order valence-electron chi connectivity index (χ2n) is 7.07. The quantitative estimate of drug-likeness (QED) is 0.271. The van der Waals surface area contributed by atoms with E-state index in [1.54, 1.807) is 54.6 Å². The summed E-state index contributed by atoms with van der Waals surface area (Å²) in [5, 5.41) is 9.06. The predicted molar refractivity (Wildman–Crippen MR) is 129 cm³/mol. The molecule has 34 heavy (non-hydrogen) atoms. The van der Waals surface area contributed by atoms with Crippen LogP contribution >= 0.6 is 0 Å². The van der Waals surface area contributed by atoms with Gasteiger partial charge in [0.2, 0.25) is 0 Å². The molecular formula is C25H24N4O5. The highest BCUT2D eigenvalue weighted by Crippen LogP contribution is 2.17. The molecule has 0 aliphatic heterocycles. The Bertz CT molecular complexity index is 1190. The van der Waals surface area contributed by atoms with Crippen LogP contribution in [0, 0.1) is 6.92 Å². The molecule has 0 aromatic heterocycles. The average molecular weight is 460 g/mol. The largest absolute Gasteiger partial charge is 0.497 e. The van der Waals surface area contributed by atoms with E-state index in [-0.39, 0.29) is 12.5 Å². The first-order valence-electron chi connectivity index (χ1n) is 10.3. The lowest BCUT2D eigenvalue weighted by Gasteiger charge is -2.11. The zero-order chi connectivity index (χ0) is 24.3. The molecule has 9 nitrogen and oxygen atoms in total. The summed E-state index contributed by atoms with van der Waals surface area (Å²) >= 11 is 0. The van der Waals surface area contributed by atoms with E-state index in [1.165, 1.54) is 13.3 Å². The number of ether oxygens (including phenoxy) is 2. The third-order valence-corrected chi connectivity index (χ3v) is 4.62. The van der Waals surface area contributed by atoms with Gasteiger partial charge >= 0.3 is 11.8 Å². The minimum Gasteiger partial charge on any atom is -0.497 e. The molecule has 0 aliphatic carbocycles. The van der Waals surface area contributed by atoms with Crippen LogP contribution in [0.4, 0.5) is 11.4 Å². The van der Waals surface area contributed by atoms with E-state index in [9.17, 15) is 14.4 Å². The van der Waals surface area contributed by atoms with Gasteiger partial charge in [0.25, 0.3) is 5.91 Å². The molecule has 174 valence electrons. The van der Waals surface area contributed by atoms with Crippen LogP contribution in [0.15, 0.2) is 77.9 Å². The molecule has 0 atom stereocenters. The Hall–Kier alpha value is -4.66. The Morgan fingerprint density at radius 1 is 0.882 bits per heavy atom. The molecule has 0 heterocycles. The molecule has 0 bridgehead atoms. The second-order valence-corrected chi connectivity index (χ2v) is 7.07. The molecule has 0 radical (unpaired) electrons. The van der Waals surface area contributed by atoms with Crippen molar-refractivity contribution in [2.75, 3.05) is 24.4 Å². The van der Waals surface area contributed by atoms with Crippen molar-refractivity contribution in [2.24, 2.45) is 5.10 Å². The number of carbonyl (C=O) groups is 3. The van der Waals surface area contributed by atoms with Crippen molar-refractivity contribution < 1.29 is 23.9 Å². The summed E-state index contributed by atoms with van der Waals surface area (Å²) in [6.45, 7) is 1.68. The maximum absolute atomic E-state index is 12.2. The number of nitrogens with one attached hydrogen (secondary N) is 3. The van der Waals surface area contributed by atoms with Gasteiger partial charge in [-0.15, -0.1) is 0 Å². The van der Waals surface area contributed by atoms with Crippen molar-refractivity contribution in [1.82, 2.24) is 5.43 Å². The fraction of sp³-hybridized carbons (Fsp3) is 0.120. The number of aryl methyl sites for hydroxylation is 1. The lowest BCUT2D eigenvalue weighted by molar-refractivity contribution is -0.136. The third-order valence-electron chi connectivity index (χ3n) is 4.62. The summed E-state index contributed by atoms with van der Waals surface area (Å²) in [5.41, 5.74) is 4.77. The van der Waals surface area contributed by atoms with E-state index >= 15 is 0 Å². The predicted octanol–water partition coefficient (Wildman–Crippen LogP) is 3.11. The molecule has 0 unspecified atom stereocenters. The van der Waals surface area contributed by atoms with Gasteiger partial charge in [0.15, 0.2) is 6.61 Å². The minimum atomic E-state index is -0.942. The number of hydrogen-bond donors (Lipinski definition) is 3. The smallest absolute Gasteiger partial charge is 0.329 e. The molecule has 0 saturated carbocycles. The molecule has 0 spiro atoms. The van der Waals surface area contributed by atoms with Crippen LogP contribution in [0.1, 0.15) is 11.1 Å². The lowest BCUT2D eigenvalue weighted by Crippen LogP contribution is -2.32. The molecule has 3 aromatic rings. The number of methoxy groups -OCH3 is 1. The number of hydrazone groups is 1. The fourth-order valence-electron chi connectivity index (χ4n) is 2.83. The Labute approximate surface area is 196 Å². The number of para-hydroxylation sites is 2. The van der Waals surface area contributed by atoms with Crippen molar-refractivity contribution in [2.45, 2.75) is 6.92 Å². The summed E-state index contributed by atoms with van der Waals surface area (Å²) in [4.78, 5) is 36.3. The Kier molecular flexibility index (Phi) is 8.34. The first-order chi connectivity index (χ1) is 16.5. The minimum absolute atomic E-state index is 0.212. The highest BCUT2D eigenvalue weighted by atomic mass is 16.5. The van der Waals surface area contributed by atoms with Crippen LogP contribution in [-0.2, 0) is 14.4 Å². The number of carbonyl (C=O) groups excluding carboxylic acids is 3. The van der Waals surface area contributed by atoms with Crippen molar-refractivity contribution in [3.63, 3.8) is 0 Å². The Balaban J connectivity index is 1.52. The van der Waals surface area contributed by atoms with Gasteiger partial charge in [-0.1, -0.05) is 30.3 Å². The number of rotatable bonds is 8. The van der Waals surface area contributed by atoms with Crippen LogP contribution in [0.3, 0.4) is 0 Å². The molecule has 3 aromatic carbocycles. The summed E-state index contributed by atoms with van der Waals surface area (Å²) in [6.07, 6.45) is 1.33. The summed E-state index contributed by atoms with van der Waals surface area (Å²) in [5.74, 6) is -1.11. The maximum atomic E-state index is 12.2. The zero-order valence-electron chi connectivity index (χ0n) is 18.7. The van der Waals surface area contributed by atoms with E-state index in [1.807, 2.05) is 25.1 Å². The third kappa shape index (κ3) is 6.92. The Morgan fingerprint density at radius 2 is 1.59 bits per heavy atom. The van der Waals surface area contributed by atoms with Gasteiger partial charge < -0.3 is 20.1 Å². The van der Waals surface area contributed by atoms with Crippen molar-refractivity contribution in [1.29, 1.82) is 0 Å². The van der Waals surface area contributed by atoms with E-state index in [0.717, 1.165) is 5.56 Å².